The van der Waals surface area contributed by atoms with Gasteiger partial charge in [0.25, 0.3) is 0 Å². The Balaban J connectivity index is 3.59. The first-order chi connectivity index (χ1) is 18.6. The van der Waals surface area contributed by atoms with Crippen molar-refractivity contribution in [2.45, 2.75) is 174 Å². The van der Waals surface area contributed by atoms with E-state index in [0.717, 1.165) is 44.9 Å². The second kappa shape index (κ2) is 30.2. The zero-order chi connectivity index (χ0) is 27.9. The first kappa shape index (κ1) is 36.6. The van der Waals surface area contributed by atoms with Crippen LogP contribution >= 0.6 is 0 Å². The molecule has 1 N–H and O–H groups in total. The highest BCUT2D eigenvalue weighted by molar-refractivity contribution is 5.70. The lowest BCUT2D eigenvalue weighted by Crippen LogP contribution is -2.28. The van der Waals surface area contributed by atoms with Crippen LogP contribution in [0.3, 0.4) is 0 Å². The van der Waals surface area contributed by atoms with E-state index in [4.69, 9.17) is 9.47 Å². The Hall–Kier alpha value is -1.36. The molecule has 0 unspecified atom stereocenters. The van der Waals surface area contributed by atoms with Gasteiger partial charge in [-0.25, -0.2) is 0 Å². The molecule has 0 radical (unpaired) electrons. The van der Waals surface area contributed by atoms with Crippen molar-refractivity contribution in [1.29, 1.82) is 0 Å². The van der Waals surface area contributed by atoms with Crippen molar-refractivity contribution in [3.63, 3.8) is 0 Å². The largest absolute Gasteiger partial charge is 0.462 e. The van der Waals surface area contributed by atoms with E-state index in [2.05, 4.69) is 26.0 Å². The molecule has 0 heterocycles. The van der Waals surface area contributed by atoms with Crippen molar-refractivity contribution in [2.75, 3.05) is 13.2 Å². The topological polar surface area (TPSA) is 72.8 Å². The van der Waals surface area contributed by atoms with Gasteiger partial charge in [0.1, 0.15) is 6.61 Å². The summed E-state index contributed by atoms with van der Waals surface area (Å²) in [5.41, 5.74) is 0. The van der Waals surface area contributed by atoms with Crippen LogP contribution in [0.4, 0.5) is 0 Å². The molecule has 0 aliphatic carbocycles. The Morgan fingerprint density at radius 3 is 1.45 bits per heavy atom. The maximum Gasteiger partial charge on any atom is 0.306 e. The number of hydrogen-bond donors (Lipinski definition) is 1. The zero-order valence-corrected chi connectivity index (χ0v) is 25.2. The van der Waals surface area contributed by atoms with Crippen LogP contribution in [0.15, 0.2) is 12.2 Å². The summed E-state index contributed by atoms with van der Waals surface area (Å²) in [6.07, 6.45) is 31.1. The number of carbonyl (C=O) groups excluding carboxylic acids is 2. The molecule has 5 nitrogen and oxygen atoms in total. The molecule has 0 saturated carbocycles. The van der Waals surface area contributed by atoms with Gasteiger partial charge in [0.05, 0.1) is 6.61 Å². The number of unbranched alkanes of at least 4 members (excludes halogenated alkanes) is 19. The first-order valence-electron chi connectivity index (χ1n) is 16.2. The van der Waals surface area contributed by atoms with Crippen molar-refractivity contribution in [1.82, 2.24) is 0 Å². The normalized spacial score (nSPS) is 12.2. The van der Waals surface area contributed by atoms with Crippen LogP contribution in [0, 0.1) is 0 Å². The predicted octanol–water partition coefficient (Wildman–Crippen LogP) is 9.39. The molecular formula is C33H62O5. The van der Waals surface area contributed by atoms with E-state index in [1.807, 2.05) is 0 Å². The molecule has 0 aromatic carbocycles. The second-order valence-electron chi connectivity index (χ2n) is 10.9. The second-order valence-corrected chi connectivity index (χ2v) is 10.9. The molecule has 38 heavy (non-hydrogen) atoms. The number of aliphatic hydroxyl groups is 1. The van der Waals surface area contributed by atoms with Gasteiger partial charge in [-0.3, -0.25) is 9.59 Å². The van der Waals surface area contributed by atoms with Crippen LogP contribution in [-0.2, 0) is 19.1 Å². The van der Waals surface area contributed by atoms with E-state index >= 15 is 0 Å². The zero-order valence-electron chi connectivity index (χ0n) is 25.2. The molecule has 0 spiro atoms. The highest BCUT2D eigenvalue weighted by atomic mass is 16.6. The van der Waals surface area contributed by atoms with Crippen molar-refractivity contribution in [3.8, 4) is 0 Å². The van der Waals surface area contributed by atoms with Gasteiger partial charge in [-0.2, -0.15) is 0 Å². The molecule has 0 saturated heterocycles. The Kier molecular flexibility index (Phi) is 29.1. The number of ether oxygens (including phenoxy) is 2. The third kappa shape index (κ3) is 27.7. The van der Waals surface area contributed by atoms with Crippen LogP contribution in [0.1, 0.15) is 168 Å². The fourth-order valence-corrected chi connectivity index (χ4v) is 4.55. The smallest absolute Gasteiger partial charge is 0.306 e. The molecule has 5 heteroatoms. The first-order valence-corrected chi connectivity index (χ1v) is 16.2. The molecular weight excluding hydrogens is 476 g/mol. The summed E-state index contributed by atoms with van der Waals surface area (Å²) in [4.78, 5) is 24.0. The van der Waals surface area contributed by atoms with Crippen LogP contribution < -0.4 is 0 Å². The van der Waals surface area contributed by atoms with Crippen molar-refractivity contribution in [2.24, 2.45) is 0 Å². The third-order valence-electron chi connectivity index (χ3n) is 7.06. The summed E-state index contributed by atoms with van der Waals surface area (Å²) in [6.45, 7) is 4.09. The molecule has 0 aromatic rings. The quantitative estimate of drug-likeness (QED) is 0.0583. The average Bonchev–Trinajstić information content (AvgIpc) is 2.92. The summed E-state index contributed by atoms with van der Waals surface area (Å²) in [5.74, 6) is -0.599. The van der Waals surface area contributed by atoms with Gasteiger partial charge >= 0.3 is 11.9 Å². The Labute approximate surface area is 235 Å². The average molecular weight is 539 g/mol. The highest BCUT2D eigenvalue weighted by Gasteiger charge is 2.16. The van der Waals surface area contributed by atoms with Crippen LogP contribution in [0.5, 0.6) is 0 Å². The van der Waals surface area contributed by atoms with Gasteiger partial charge in [0.2, 0.25) is 0 Å². The molecule has 0 bridgehead atoms. The number of esters is 2. The van der Waals surface area contributed by atoms with E-state index in [0.29, 0.717) is 12.8 Å². The molecule has 0 fully saturated rings. The fourth-order valence-electron chi connectivity index (χ4n) is 4.55. The highest BCUT2D eigenvalue weighted by Crippen LogP contribution is 2.13. The van der Waals surface area contributed by atoms with Crippen molar-refractivity contribution < 1.29 is 24.2 Å². The van der Waals surface area contributed by atoms with Gasteiger partial charge in [-0.05, 0) is 38.5 Å². The Morgan fingerprint density at radius 1 is 0.579 bits per heavy atom. The number of rotatable bonds is 29. The van der Waals surface area contributed by atoms with Crippen LogP contribution in [0.25, 0.3) is 0 Å². The molecule has 0 aliphatic rings. The molecule has 0 aliphatic heterocycles. The molecule has 0 amide bonds. The minimum absolute atomic E-state index is 0.0654. The Bertz CT molecular complexity index is 546. The SMILES string of the molecule is CCCCCC/C=C\CCCCCCCC(=O)OC[C@H](CO)OC(=O)CCCCCCCCCCCCC. The lowest BCUT2D eigenvalue weighted by atomic mass is 10.1. The van der Waals surface area contributed by atoms with Gasteiger partial charge in [0.15, 0.2) is 6.10 Å². The predicted molar refractivity (Wildman–Crippen MR) is 159 cm³/mol. The number of aliphatic hydroxyl groups excluding tert-OH is 1. The lowest BCUT2D eigenvalue weighted by Gasteiger charge is -2.15. The van der Waals surface area contributed by atoms with Gasteiger partial charge in [-0.1, -0.05) is 129 Å². The summed E-state index contributed by atoms with van der Waals surface area (Å²) in [6, 6.07) is 0. The molecule has 0 aromatic heterocycles. The van der Waals surface area contributed by atoms with E-state index < -0.39 is 6.10 Å². The number of carbonyl (C=O) groups is 2. The van der Waals surface area contributed by atoms with Crippen LogP contribution in [0.2, 0.25) is 0 Å². The van der Waals surface area contributed by atoms with Crippen molar-refractivity contribution in [3.05, 3.63) is 12.2 Å². The maximum absolute atomic E-state index is 12.0. The lowest BCUT2D eigenvalue weighted by molar-refractivity contribution is -0.161. The number of hydrogen-bond acceptors (Lipinski definition) is 5. The summed E-state index contributed by atoms with van der Waals surface area (Å²) >= 11 is 0. The standard InChI is InChI=1S/C33H62O5/c1-3-5-7-9-11-13-15-16-18-19-21-23-25-27-32(35)37-30-31(29-34)38-33(36)28-26-24-22-20-17-14-12-10-8-6-4-2/h13,15,31,34H,3-12,14,16-30H2,1-2H3/b15-13-/t31-/m0/s1. The molecule has 1 atom stereocenters. The van der Waals surface area contributed by atoms with E-state index in [1.165, 1.54) is 96.3 Å². The van der Waals surface area contributed by atoms with Crippen molar-refractivity contribution >= 4 is 11.9 Å². The fraction of sp³-hybridized carbons (Fsp3) is 0.879. The summed E-state index contributed by atoms with van der Waals surface area (Å²) in [7, 11) is 0. The minimum atomic E-state index is -0.765. The summed E-state index contributed by atoms with van der Waals surface area (Å²) < 4.78 is 10.5. The van der Waals surface area contributed by atoms with E-state index in [-0.39, 0.29) is 25.2 Å². The van der Waals surface area contributed by atoms with Gasteiger partial charge in [-0.15, -0.1) is 0 Å². The Morgan fingerprint density at radius 2 is 0.974 bits per heavy atom. The van der Waals surface area contributed by atoms with E-state index in [9.17, 15) is 14.7 Å². The van der Waals surface area contributed by atoms with Gasteiger partial charge < -0.3 is 14.6 Å². The van der Waals surface area contributed by atoms with E-state index in [1.54, 1.807) is 0 Å². The minimum Gasteiger partial charge on any atom is -0.462 e. The van der Waals surface area contributed by atoms with Gasteiger partial charge in [0, 0.05) is 12.8 Å². The summed E-state index contributed by atoms with van der Waals surface area (Å²) in [5, 5.41) is 9.47. The third-order valence-corrected chi connectivity index (χ3v) is 7.06. The maximum atomic E-state index is 12.0. The molecule has 224 valence electrons. The number of allylic oxidation sites excluding steroid dienone is 2. The monoisotopic (exact) mass is 538 g/mol. The van der Waals surface area contributed by atoms with Crippen LogP contribution in [-0.4, -0.2) is 36.4 Å². The molecule has 0 rings (SSSR count).